The summed E-state index contributed by atoms with van der Waals surface area (Å²) in [7, 11) is 0. The van der Waals surface area contributed by atoms with Gasteiger partial charge in [0.05, 0.1) is 18.9 Å². The normalized spacial score (nSPS) is 12.1. The standard InChI is InChI=1S/C25H31NO3S/c1-4-27-18-23(30-5-2)17-20-11-13-22(14-12-20)28-16-15-24-19(3)29-25(26-24)21-9-7-6-8-10-21/h6-14,23H,4-5,15-18H2,1-3H3/t23-/m0/s1. The van der Waals surface area contributed by atoms with Crippen molar-refractivity contribution >= 4 is 11.8 Å². The van der Waals surface area contributed by atoms with E-state index >= 15 is 0 Å². The number of benzene rings is 2. The molecule has 0 unspecified atom stereocenters. The molecular weight excluding hydrogens is 394 g/mol. The minimum atomic E-state index is 0.496. The van der Waals surface area contributed by atoms with Crippen molar-refractivity contribution in [1.29, 1.82) is 0 Å². The average molecular weight is 426 g/mol. The monoisotopic (exact) mass is 425 g/mol. The third-order valence-corrected chi connectivity index (χ3v) is 5.93. The van der Waals surface area contributed by atoms with Crippen LogP contribution in [0.25, 0.3) is 11.5 Å². The van der Waals surface area contributed by atoms with Gasteiger partial charge in [0.15, 0.2) is 0 Å². The lowest BCUT2D eigenvalue weighted by Crippen LogP contribution is -2.15. The first-order chi connectivity index (χ1) is 14.7. The van der Waals surface area contributed by atoms with Crippen molar-refractivity contribution in [3.05, 3.63) is 71.6 Å². The summed E-state index contributed by atoms with van der Waals surface area (Å²) >= 11 is 1.96. The molecule has 1 atom stereocenters. The summed E-state index contributed by atoms with van der Waals surface area (Å²) in [6.07, 6.45) is 1.73. The molecule has 0 aliphatic rings. The van der Waals surface area contributed by atoms with Crippen molar-refractivity contribution in [3.8, 4) is 17.2 Å². The van der Waals surface area contributed by atoms with Crippen molar-refractivity contribution in [3.63, 3.8) is 0 Å². The Bertz CT molecular complexity index is 877. The minimum absolute atomic E-state index is 0.496. The highest BCUT2D eigenvalue weighted by Gasteiger charge is 2.12. The number of thioether (sulfide) groups is 1. The predicted octanol–water partition coefficient (Wildman–Crippen LogP) is 5.97. The highest BCUT2D eigenvalue weighted by molar-refractivity contribution is 7.99. The van der Waals surface area contributed by atoms with Gasteiger partial charge in [-0.3, -0.25) is 0 Å². The molecule has 4 nitrogen and oxygen atoms in total. The molecule has 2 aromatic carbocycles. The topological polar surface area (TPSA) is 44.5 Å². The molecule has 0 aliphatic carbocycles. The molecule has 0 aliphatic heterocycles. The first-order valence-electron chi connectivity index (χ1n) is 10.6. The lowest BCUT2D eigenvalue weighted by Gasteiger charge is -2.16. The maximum atomic E-state index is 5.94. The number of hydrogen-bond donors (Lipinski definition) is 0. The summed E-state index contributed by atoms with van der Waals surface area (Å²) in [5.74, 6) is 3.50. The lowest BCUT2D eigenvalue weighted by molar-refractivity contribution is 0.148. The highest BCUT2D eigenvalue weighted by Crippen LogP contribution is 2.22. The number of ether oxygens (including phenoxy) is 2. The minimum Gasteiger partial charge on any atom is -0.493 e. The summed E-state index contributed by atoms with van der Waals surface area (Å²) in [5, 5.41) is 0.496. The summed E-state index contributed by atoms with van der Waals surface area (Å²) in [5.41, 5.74) is 3.25. The molecule has 0 radical (unpaired) electrons. The van der Waals surface area contributed by atoms with Gasteiger partial charge in [-0.05, 0) is 55.9 Å². The van der Waals surface area contributed by atoms with Gasteiger partial charge in [-0.1, -0.05) is 37.3 Å². The zero-order valence-corrected chi connectivity index (χ0v) is 18.9. The molecule has 30 heavy (non-hydrogen) atoms. The Morgan fingerprint density at radius 3 is 2.50 bits per heavy atom. The third-order valence-electron chi connectivity index (χ3n) is 4.82. The fourth-order valence-electron chi connectivity index (χ4n) is 3.27. The molecule has 0 saturated carbocycles. The molecule has 0 saturated heterocycles. The molecule has 3 rings (SSSR count). The molecule has 3 aromatic rings. The quantitative estimate of drug-likeness (QED) is 0.357. The van der Waals surface area contributed by atoms with Crippen molar-refractivity contribution in [2.45, 2.75) is 38.9 Å². The second-order valence-electron chi connectivity index (χ2n) is 7.07. The molecule has 5 heteroatoms. The second-order valence-corrected chi connectivity index (χ2v) is 8.65. The lowest BCUT2D eigenvalue weighted by atomic mass is 10.1. The van der Waals surface area contributed by atoms with E-state index in [0.717, 1.165) is 48.2 Å². The Morgan fingerprint density at radius 2 is 1.80 bits per heavy atom. The van der Waals surface area contributed by atoms with Crippen LogP contribution < -0.4 is 4.74 Å². The van der Waals surface area contributed by atoms with Gasteiger partial charge in [0.25, 0.3) is 0 Å². The van der Waals surface area contributed by atoms with Crippen molar-refractivity contribution in [1.82, 2.24) is 4.98 Å². The van der Waals surface area contributed by atoms with E-state index in [4.69, 9.17) is 13.9 Å². The number of oxazole rings is 1. The Hall–Kier alpha value is -2.24. The van der Waals surface area contributed by atoms with Gasteiger partial charge in [-0.15, -0.1) is 0 Å². The van der Waals surface area contributed by atoms with Gasteiger partial charge < -0.3 is 13.9 Å². The zero-order chi connectivity index (χ0) is 21.2. The first-order valence-corrected chi connectivity index (χ1v) is 11.7. The Kier molecular flexibility index (Phi) is 8.84. The van der Waals surface area contributed by atoms with Crippen LogP contribution in [0.4, 0.5) is 0 Å². The Labute approximate surface area is 184 Å². The van der Waals surface area contributed by atoms with Crippen LogP contribution in [0.5, 0.6) is 5.75 Å². The van der Waals surface area contributed by atoms with Gasteiger partial charge in [-0.2, -0.15) is 11.8 Å². The molecule has 160 valence electrons. The highest BCUT2D eigenvalue weighted by atomic mass is 32.2. The van der Waals surface area contributed by atoms with Gasteiger partial charge in [0.1, 0.15) is 11.5 Å². The molecule has 0 N–H and O–H groups in total. The van der Waals surface area contributed by atoms with E-state index in [9.17, 15) is 0 Å². The van der Waals surface area contributed by atoms with Gasteiger partial charge in [0.2, 0.25) is 5.89 Å². The summed E-state index contributed by atoms with van der Waals surface area (Å²) < 4.78 is 17.4. The fourth-order valence-corrected chi connectivity index (χ4v) is 4.24. The Morgan fingerprint density at radius 1 is 1.03 bits per heavy atom. The van der Waals surface area contributed by atoms with Gasteiger partial charge >= 0.3 is 0 Å². The maximum absolute atomic E-state index is 5.94. The molecule has 0 spiro atoms. The summed E-state index contributed by atoms with van der Waals surface area (Å²) in [4.78, 5) is 4.64. The van der Waals surface area contributed by atoms with E-state index in [2.05, 4.69) is 36.2 Å². The van der Waals surface area contributed by atoms with Crippen LogP contribution in [0.1, 0.15) is 30.9 Å². The molecule has 1 aromatic heterocycles. The third kappa shape index (κ3) is 6.64. The van der Waals surface area contributed by atoms with Crippen LogP contribution in [0, 0.1) is 6.92 Å². The average Bonchev–Trinajstić information content (AvgIpc) is 3.14. The van der Waals surface area contributed by atoms with E-state index < -0.39 is 0 Å². The molecular formula is C25H31NO3S. The van der Waals surface area contributed by atoms with E-state index in [1.54, 1.807) is 0 Å². The van der Waals surface area contributed by atoms with Crippen LogP contribution >= 0.6 is 11.8 Å². The SMILES string of the molecule is CCOC[C@H](Cc1ccc(OCCc2nc(-c3ccccc3)oc2C)cc1)SCC. The van der Waals surface area contributed by atoms with Crippen LogP contribution in [0.3, 0.4) is 0 Å². The van der Waals surface area contributed by atoms with Crippen LogP contribution in [-0.4, -0.2) is 35.8 Å². The van der Waals surface area contributed by atoms with E-state index in [-0.39, 0.29) is 0 Å². The molecule has 0 bridgehead atoms. The smallest absolute Gasteiger partial charge is 0.226 e. The summed E-state index contributed by atoms with van der Waals surface area (Å²) in [6, 6.07) is 18.4. The predicted molar refractivity (Wildman–Crippen MR) is 124 cm³/mol. The fraction of sp³-hybridized carbons (Fsp3) is 0.400. The number of aryl methyl sites for hydroxylation is 1. The second kappa shape index (κ2) is 11.8. The molecule has 0 fully saturated rings. The van der Waals surface area contributed by atoms with Crippen LogP contribution in [-0.2, 0) is 17.6 Å². The first kappa shape index (κ1) is 22.4. The number of hydrogen-bond acceptors (Lipinski definition) is 5. The Balaban J connectivity index is 1.50. The number of nitrogens with zero attached hydrogens (tertiary/aromatic N) is 1. The largest absolute Gasteiger partial charge is 0.493 e. The van der Waals surface area contributed by atoms with E-state index in [1.165, 1.54) is 5.56 Å². The maximum Gasteiger partial charge on any atom is 0.226 e. The van der Waals surface area contributed by atoms with Crippen LogP contribution in [0.2, 0.25) is 0 Å². The summed E-state index contributed by atoms with van der Waals surface area (Å²) in [6.45, 7) is 8.33. The van der Waals surface area contributed by atoms with Gasteiger partial charge in [-0.25, -0.2) is 4.98 Å². The van der Waals surface area contributed by atoms with Crippen molar-refractivity contribution < 1.29 is 13.9 Å². The van der Waals surface area contributed by atoms with E-state index in [0.29, 0.717) is 24.2 Å². The van der Waals surface area contributed by atoms with Crippen molar-refractivity contribution in [2.24, 2.45) is 0 Å². The van der Waals surface area contributed by atoms with E-state index in [1.807, 2.05) is 55.9 Å². The molecule has 0 amide bonds. The number of rotatable bonds is 12. The zero-order valence-electron chi connectivity index (χ0n) is 18.1. The van der Waals surface area contributed by atoms with Crippen molar-refractivity contribution in [2.75, 3.05) is 25.6 Å². The van der Waals surface area contributed by atoms with Gasteiger partial charge in [0, 0.05) is 23.8 Å². The molecule has 1 heterocycles. The number of aromatic nitrogens is 1. The van der Waals surface area contributed by atoms with Crippen LogP contribution in [0.15, 0.2) is 59.0 Å².